The molecule has 1 fully saturated rings. The van der Waals surface area contributed by atoms with Gasteiger partial charge in [0.15, 0.2) is 5.82 Å². The number of aliphatic carboxylic acids is 2. The molecule has 39 heavy (non-hydrogen) atoms. The predicted octanol–water partition coefficient (Wildman–Crippen LogP) is 0.904. The van der Waals surface area contributed by atoms with Crippen LogP contribution in [0.25, 0.3) is 11.4 Å². The maximum Gasteiger partial charge on any atom is 0.409 e. The summed E-state index contributed by atoms with van der Waals surface area (Å²) in [7, 11) is 0. The number of carboxylic acid groups (broad SMARTS) is 2. The van der Waals surface area contributed by atoms with Crippen molar-refractivity contribution in [3.05, 3.63) is 42.1 Å². The normalized spacial score (nSPS) is 13.8. The largest absolute Gasteiger partial charge is 0.481 e. The zero-order valence-corrected chi connectivity index (χ0v) is 21.3. The van der Waals surface area contributed by atoms with Crippen molar-refractivity contribution in [1.82, 2.24) is 25.1 Å². The smallest absolute Gasteiger partial charge is 0.409 e. The van der Waals surface area contributed by atoms with Crippen LogP contribution in [0, 0.1) is 0 Å². The Morgan fingerprint density at radius 2 is 1.64 bits per heavy atom. The third-order valence-corrected chi connectivity index (χ3v) is 5.78. The molecule has 1 aliphatic heterocycles. The number of aromatic nitrogens is 2. The summed E-state index contributed by atoms with van der Waals surface area (Å²) in [5.41, 5.74) is 0.431. The van der Waals surface area contributed by atoms with E-state index in [1.807, 2.05) is 0 Å². The number of carboxylic acids is 2. The number of nitrogens with zero attached hydrogens (tertiary/aromatic N) is 4. The standard InChI is InChI=1S/C25H30N6O8/c1-2-39-25(38)31-12-10-30(11-13-31)24(37)17(8-9-20(32)33)28-23(36)18-14-19(26-15-21(34)35)29-22(27-18)16-6-4-3-5-7-16/h3-7,14,17H,2,8-13,15H2,1H3,(H,28,36)(H,32,33)(H,34,35)(H,26,27,29). The number of piperazine rings is 1. The Labute approximate surface area is 224 Å². The highest BCUT2D eigenvalue weighted by Crippen LogP contribution is 2.18. The van der Waals surface area contributed by atoms with E-state index in [4.69, 9.17) is 9.84 Å². The molecular formula is C25H30N6O8. The molecule has 14 heteroatoms. The first-order valence-electron chi connectivity index (χ1n) is 12.3. The number of nitrogens with one attached hydrogen (secondary N) is 2. The van der Waals surface area contributed by atoms with Gasteiger partial charge in [-0.3, -0.25) is 19.2 Å². The van der Waals surface area contributed by atoms with Gasteiger partial charge in [0.25, 0.3) is 5.91 Å². The average molecular weight is 543 g/mol. The van der Waals surface area contributed by atoms with E-state index in [0.717, 1.165) is 0 Å². The molecule has 2 heterocycles. The highest BCUT2D eigenvalue weighted by atomic mass is 16.6. The first-order valence-corrected chi connectivity index (χ1v) is 12.3. The van der Waals surface area contributed by atoms with Crippen LogP contribution in [0.5, 0.6) is 0 Å². The highest BCUT2D eigenvalue weighted by molar-refractivity contribution is 5.97. The predicted molar refractivity (Wildman–Crippen MR) is 137 cm³/mol. The molecular weight excluding hydrogens is 512 g/mol. The van der Waals surface area contributed by atoms with Gasteiger partial charge in [0.05, 0.1) is 6.61 Å². The van der Waals surface area contributed by atoms with Crippen molar-refractivity contribution in [1.29, 1.82) is 0 Å². The number of rotatable bonds is 11. The fraction of sp³-hybridized carbons (Fsp3) is 0.400. The van der Waals surface area contributed by atoms with Gasteiger partial charge in [0.2, 0.25) is 5.91 Å². The van der Waals surface area contributed by atoms with Crippen molar-refractivity contribution in [2.75, 3.05) is 44.6 Å². The van der Waals surface area contributed by atoms with Crippen LogP contribution in [0.1, 0.15) is 30.3 Å². The van der Waals surface area contributed by atoms with E-state index in [1.54, 1.807) is 37.3 Å². The summed E-state index contributed by atoms with van der Waals surface area (Å²) in [6.07, 6.45) is -1.02. The summed E-state index contributed by atoms with van der Waals surface area (Å²) in [5, 5.41) is 23.4. The number of anilines is 1. The van der Waals surface area contributed by atoms with Crippen molar-refractivity contribution in [2.45, 2.75) is 25.8 Å². The molecule has 3 amide bonds. The monoisotopic (exact) mass is 542 g/mol. The van der Waals surface area contributed by atoms with E-state index in [2.05, 4.69) is 20.6 Å². The molecule has 208 valence electrons. The molecule has 14 nitrogen and oxygen atoms in total. The lowest BCUT2D eigenvalue weighted by Crippen LogP contribution is -2.56. The topological polar surface area (TPSA) is 191 Å². The fourth-order valence-electron chi connectivity index (χ4n) is 3.84. The van der Waals surface area contributed by atoms with Gasteiger partial charge in [-0.25, -0.2) is 14.8 Å². The van der Waals surface area contributed by atoms with Gasteiger partial charge in [-0.05, 0) is 13.3 Å². The molecule has 1 aromatic carbocycles. The van der Waals surface area contributed by atoms with E-state index >= 15 is 0 Å². The van der Waals surface area contributed by atoms with Gasteiger partial charge < -0.3 is 35.4 Å². The van der Waals surface area contributed by atoms with E-state index < -0.39 is 42.4 Å². The zero-order valence-electron chi connectivity index (χ0n) is 21.3. The Hall–Kier alpha value is -4.75. The number of carbonyl (C=O) groups excluding carboxylic acids is 3. The van der Waals surface area contributed by atoms with Crippen LogP contribution in [-0.2, 0) is 19.1 Å². The Morgan fingerprint density at radius 3 is 2.26 bits per heavy atom. The second kappa shape index (κ2) is 13.7. The van der Waals surface area contributed by atoms with Gasteiger partial charge >= 0.3 is 18.0 Å². The van der Waals surface area contributed by atoms with Crippen molar-refractivity contribution < 1.29 is 38.9 Å². The van der Waals surface area contributed by atoms with Gasteiger partial charge in [-0.15, -0.1) is 0 Å². The SMILES string of the molecule is CCOC(=O)N1CCN(C(=O)C(CCC(=O)O)NC(=O)c2cc(NCC(=O)O)nc(-c3ccccc3)n2)CC1. The van der Waals surface area contributed by atoms with Crippen molar-refractivity contribution in [3.63, 3.8) is 0 Å². The number of ether oxygens (including phenoxy) is 1. The summed E-state index contributed by atoms with van der Waals surface area (Å²) in [5.74, 6) is -3.29. The molecule has 0 spiro atoms. The molecule has 0 aliphatic carbocycles. The van der Waals surface area contributed by atoms with Crippen LogP contribution >= 0.6 is 0 Å². The lowest BCUT2D eigenvalue weighted by Gasteiger charge is -2.35. The number of carbonyl (C=O) groups is 5. The van der Waals surface area contributed by atoms with Crippen LogP contribution in [0.2, 0.25) is 0 Å². The molecule has 0 radical (unpaired) electrons. The molecule has 1 atom stereocenters. The van der Waals surface area contributed by atoms with E-state index in [0.29, 0.717) is 5.56 Å². The van der Waals surface area contributed by atoms with E-state index in [1.165, 1.54) is 15.9 Å². The van der Waals surface area contributed by atoms with Gasteiger partial charge in [0.1, 0.15) is 24.1 Å². The minimum atomic E-state index is -1.17. The zero-order chi connectivity index (χ0) is 28.4. The van der Waals surface area contributed by atoms with Gasteiger partial charge in [-0.1, -0.05) is 30.3 Å². The number of amides is 3. The second-order valence-electron chi connectivity index (χ2n) is 8.55. The van der Waals surface area contributed by atoms with E-state index in [-0.39, 0.29) is 63.0 Å². The third-order valence-electron chi connectivity index (χ3n) is 5.78. The van der Waals surface area contributed by atoms with Crippen LogP contribution in [0.4, 0.5) is 10.6 Å². The molecule has 3 rings (SSSR count). The van der Waals surface area contributed by atoms with Crippen LogP contribution in [-0.4, -0.2) is 105 Å². The maximum absolute atomic E-state index is 13.3. The molecule has 4 N–H and O–H groups in total. The quantitative estimate of drug-likeness (QED) is 0.315. The van der Waals surface area contributed by atoms with Crippen LogP contribution in [0.3, 0.4) is 0 Å². The molecule has 1 aromatic heterocycles. The Balaban J connectivity index is 1.80. The van der Waals surface area contributed by atoms with E-state index in [9.17, 15) is 29.1 Å². The number of hydrogen-bond acceptors (Lipinski definition) is 9. The maximum atomic E-state index is 13.3. The first-order chi connectivity index (χ1) is 18.7. The second-order valence-corrected chi connectivity index (χ2v) is 8.55. The van der Waals surface area contributed by atoms with Crippen LogP contribution in [0.15, 0.2) is 36.4 Å². The van der Waals surface area contributed by atoms with Crippen molar-refractivity contribution >= 4 is 35.7 Å². The molecule has 0 saturated carbocycles. The molecule has 2 aromatic rings. The Bertz CT molecular complexity index is 1200. The molecule has 1 aliphatic rings. The molecule has 0 bridgehead atoms. The highest BCUT2D eigenvalue weighted by Gasteiger charge is 2.31. The van der Waals surface area contributed by atoms with Crippen LogP contribution < -0.4 is 10.6 Å². The van der Waals surface area contributed by atoms with Gasteiger partial charge in [0, 0.05) is 44.2 Å². The fourth-order valence-corrected chi connectivity index (χ4v) is 3.84. The summed E-state index contributed by atoms with van der Waals surface area (Å²) >= 11 is 0. The lowest BCUT2D eigenvalue weighted by molar-refractivity contribution is -0.138. The summed E-state index contributed by atoms with van der Waals surface area (Å²) in [4.78, 5) is 72.2. The summed E-state index contributed by atoms with van der Waals surface area (Å²) < 4.78 is 4.98. The minimum Gasteiger partial charge on any atom is -0.481 e. The first kappa shape index (κ1) is 28.8. The summed E-state index contributed by atoms with van der Waals surface area (Å²) in [6.45, 7) is 2.30. The summed E-state index contributed by atoms with van der Waals surface area (Å²) in [6, 6.07) is 8.79. The lowest BCUT2D eigenvalue weighted by atomic mass is 10.1. The Kier molecular flexibility index (Phi) is 10.1. The van der Waals surface area contributed by atoms with Gasteiger partial charge in [-0.2, -0.15) is 0 Å². The Morgan fingerprint density at radius 1 is 0.974 bits per heavy atom. The molecule has 1 saturated heterocycles. The number of benzene rings is 1. The number of hydrogen-bond donors (Lipinski definition) is 4. The molecule has 1 unspecified atom stereocenters. The van der Waals surface area contributed by atoms with Crippen molar-refractivity contribution in [3.8, 4) is 11.4 Å². The minimum absolute atomic E-state index is 0.0832. The third kappa shape index (κ3) is 8.38. The average Bonchev–Trinajstić information content (AvgIpc) is 2.94. The van der Waals surface area contributed by atoms with Crippen molar-refractivity contribution in [2.24, 2.45) is 0 Å².